The molecule has 0 spiro atoms. The maximum absolute atomic E-state index is 5.11. The van der Waals surface area contributed by atoms with Gasteiger partial charge in [0.15, 0.2) is 5.82 Å². The number of hydrogen-bond acceptors (Lipinski definition) is 6. The van der Waals surface area contributed by atoms with Crippen molar-refractivity contribution in [1.29, 1.82) is 0 Å². The molecule has 226 valence electrons. The summed E-state index contributed by atoms with van der Waals surface area (Å²) in [6.07, 6.45) is 0. The minimum atomic E-state index is 0.775. The summed E-state index contributed by atoms with van der Waals surface area (Å²) in [6, 6.07) is 56.3. The summed E-state index contributed by atoms with van der Waals surface area (Å²) in [7, 11) is 0. The quantitative estimate of drug-likeness (QED) is 0.190. The Kier molecular flexibility index (Phi) is 6.19. The molecule has 0 atom stereocenters. The topological polar surface area (TPSA) is 32.3 Å². The lowest BCUT2D eigenvalue weighted by molar-refractivity contribution is 1.17. The molecule has 0 N–H and O–H groups in total. The number of nitrogens with zero attached hydrogens (tertiary/aromatic N) is 4. The average molecular weight is 651 g/mol. The lowest BCUT2D eigenvalue weighted by Crippen LogP contribution is -2.23. The molecule has 1 aliphatic rings. The van der Waals surface area contributed by atoms with Gasteiger partial charge in [0, 0.05) is 42.7 Å². The van der Waals surface area contributed by atoms with Gasteiger partial charge in [-0.2, -0.15) is 4.37 Å². The number of fused-ring (bicyclic) bond motifs is 6. The van der Waals surface area contributed by atoms with E-state index in [4.69, 9.17) is 9.36 Å². The first kappa shape index (κ1) is 27.3. The second kappa shape index (κ2) is 10.9. The van der Waals surface area contributed by atoms with Crippen LogP contribution in [0.3, 0.4) is 0 Å². The van der Waals surface area contributed by atoms with E-state index in [0.29, 0.717) is 0 Å². The molecule has 7 aromatic carbocycles. The highest BCUT2D eigenvalue weighted by molar-refractivity contribution is 7.26. The Balaban J connectivity index is 1.07. The largest absolute Gasteiger partial charge is 0.306 e. The highest BCUT2D eigenvalue weighted by Gasteiger charge is 2.30. The Morgan fingerprint density at radius 1 is 0.479 bits per heavy atom. The predicted molar refractivity (Wildman–Crippen MR) is 204 cm³/mol. The van der Waals surface area contributed by atoms with E-state index in [1.54, 1.807) is 0 Å². The Bertz CT molecular complexity index is 2620. The van der Waals surface area contributed by atoms with E-state index >= 15 is 0 Å². The molecule has 3 heterocycles. The Morgan fingerprint density at radius 3 is 1.88 bits per heavy atom. The first-order valence-corrected chi connectivity index (χ1v) is 17.5. The molecule has 0 saturated heterocycles. The highest BCUT2D eigenvalue weighted by Crippen LogP contribution is 2.54. The number of aromatic nitrogens is 2. The molecule has 0 fully saturated rings. The number of thiophene rings is 1. The van der Waals surface area contributed by atoms with Gasteiger partial charge >= 0.3 is 0 Å². The molecule has 0 saturated carbocycles. The third-order valence-electron chi connectivity index (χ3n) is 9.14. The van der Waals surface area contributed by atoms with Gasteiger partial charge < -0.3 is 9.80 Å². The number of anilines is 6. The summed E-state index contributed by atoms with van der Waals surface area (Å²) in [4.78, 5) is 9.85. The highest BCUT2D eigenvalue weighted by atomic mass is 32.1. The molecule has 4 nitrogen and oxygen atoms in total. The summed E-state index contributed by atoms with van der Waals surface area (Å²) in [6.45, 7) is 0. The van der Waals surface area contributed by atoms with Crippen LogP contribution in [0.4, 0.5) is 34.1 Å². The van der Waals surface area contributed by atoms with Crippen molar-refractivity contribution in [3.8, 4) is 22.0 Å². The van der Waals surface area contributed by atoms with E-state index in [-0.39, 0.29) is 0 Å². The van der Waals surface area contributed by atoms with Crippen molar-refractivity contribution in [2.24, 2.45) is 0 Å². The van der Waals surface area contributed by atoms with Crippen LogP contribution in [-0.2, 0) is 0 Å². The van der Waals surface area contributed by atoms with Crippen LogP contribution < -0.4 is 9.80 Å². The molecule has 2 aromatic heterocycles. The van der Waals surface area contributed by atoms with Crippen molar-refractivity contribution < 1.29 is 0 Å². The van der Waals surface area contributed by atoms with Crippen molar-refractivity contribution in [1.82, 2.24) is 9.36 Å². The first-order valence-electron chi connectivity index (χ1n) is 15.9. The van der Waals surface area contributed by atoms with E-state index in [1.165, 1.54) is 42.5 Å². The fourth-order valence-corrected chi connectivity index (χ4v) is 8.85. The fraction of sp³-hybridized carbons (Fsp3) is 0. The Morgan fingerprint density at radius 2 is 1.10 bits per heavy atom. The van der Waals surface area contributed by atoms with Crippen LogP contribution in [0, 0.1) is 0 Å². The monoisotopic (exact) mass is 650 g/mol. The van der Waals surface area contributed by atoms with Crippen molar-refractivity contribution in [3.05, 3.63) is 158 Å². The standard InChI is InChI=1S/C42H26N4S2/c1-2-12-28-25-31(24-23-27(28)11-1)46-37-20-6-4-18-35(37)45(36-19-5-7-21-38(36)46)30-14-9-13-29(26-30)42-43-41(44-48-42)34-17-10-16-33-32-15-3-8-22-39(32)47-40(33)34/h1-26H. The van der Waals surface area contributed by atoms with Gasteiger partial charge in [-0.15, -0.1) is 11.3 Å². The van der Waals surface area contributed by atoms with Crippen LogP contribution in [0.15, 0.2) is 158 Å². The molecule has 0 amide bonds. The molecule has 10 rings (SSSR count). The summed E-state index contributed by atoms with van der Waals surface area (Å²) in [5.74, 6) is 0.775. The number of rotatable bonds is 4. The summed E-state index contributed by atoms with van der Waals surface area (Å²) < 4.78 is 7.39. The van der Waals surface area contributed by atoms with E-state index in [2.05, 4.69) is 168 Å². The SMILES string of the molecule is c1cc(-c2nc(-c3cccc4c3sc3ccccc34)ns2)cc(N2c3ccccc3N(c3ccc4ccccc4c3)c3ccccc32)c1. The normalized spacial score (nSPS) is 12.5. The van der Waals surface area contributed by atoms with Crippen molar-refractivity contribution in [3.63, 3.8) is 0 Å². The lowest BCUT2D eigenvalue weighted by Gasteiger charge is -2.40. The van der Waals surface area contributed by atoms with Crippen LogP contribution in [0.1, 0.15) is 0 Å². The summed E-state index contributed by atoms with van der Waals surface area (Å²) >= 11 is 3.26. The smallest absolute Gasteiger partial charge is 0.174 e. The predicted octanol–water partition coefficient (Wildman–Crippen LogP) is 12.6. The van der Waals surface area contributed by atoms with Gasteiger partial charge in [-0.25, -0.2) is 4.98 Å². The molecule has 0 radical (unpaired) electrons. The lowest BCUT2D eigenvalue weighted by atomic mass is 10.0. The zero-order valence-corrected chi connectivity index (χ0v) is 27.2. The van der Waals surface area contributed by atoms with Crippen LogP contribution in [0.2, 0.25) is 0 Å². The molecule has 0 aliphatic carbocycles. The number of hydrogen-bond donors (Lipinski definition) is 0. The van der Waals surface area contributed by atoms with Crippen LogP contribution in [-0.4, -0.2) is 9.36 Å². The number of benzene rings is 7. The van der Waals surface area contributed by atoms with Crippen LogP contribution in [0.5, 0.6) is 0 Å². The summed E-state index contributed by atoms with van der Waals surface area (Å²) in [5, 5.41) is 5.90. The maximum atomic E-state index is 5.11. The molecular formula is C42H26N4S2. The van der Waals surface area contributed by atoms with Gasteiger partial charge in [0.25, 0.3) is 0 Å². The fourth-order valence-electron chi connectivity index (χ4n) is 6.97. The van der Waals surface area contributed by atoms with E-state index in [9.17, 15) is 0 Å². The molecule has 9 aromatic rings. The van der Waals surface area contributed by atoms with E-state index in [0.717, 1.165) is 56.1 Å². The molecule has 0 bridgehead atoms. The number of para-hydroxylation sites is 4. The van der Waals surface area contributed by atoms with Gasteiger partial charge in [0.1, 0.15) is 5.01 Å². The molecule has 48 heavy (non-hydrogen) atoms. The summed E-state index contributed by atoms with van der Waals surface area (Å²) in [5.41, 5.74) is 8.85. The molecular weight excluding hydrogens is 625 g/mol. The Labute approximate surface area is 285 Å². The molecule has 0 unspecified atom stereocenters. The van der Waals surface area contributed by atoms with Crippen LogP contribution >= 0.6 is 22.9 Å². The third-order valence-corrected chi connectivity index (χ3v) is 11.1. The second-order valence-corrected chi connectivity index (χ2v) is 13.7. The minimum absolute atomic E-state index is 0.775. The Hall–Kier alpha value is -5.82. The van der Waals surface area contributed by atoms with Gasteiger partial charge in [-0.05, 0) is 83.0 Å². The second-order valence-electron chi connectivity index (χ2n) is 11.9. The van der Waals surface area contributed by atoms with E-state index < -0.39 is 0 Å². The molecule has 1 aliphatic heterocycles. The first-order chi connectivity index (χ1) is 23.8. The zero-order chi connectivity index (χ0) is 31.6. The molecule has 6 heteroatoms. The average Bonchev–Trinajstić information content (AvgIpc) is 3.79. The van der Waals surface area contributed by atoms with Crippen molar-refractivity contribution >= 4 is 87.9 Å². The van der Waals surface area contributed by atoms with Crippen LogP contribution in [0.25, 0.3) is 52.9 Å². The van der Waals surface area contributed by atoms with Crippen molar-refractivity contribution in [2.45, 2.75) is 0 Å². The van der Waals surface area contributed by atoms with Gasteiger partial charge in [-0.3, -0.25) is 0 Å². The third kappa shape index (κ3) is 4.27. The van der Waals surface area contributed by atoms with Gasteiger partial charge in [0.2, 0.25) is 0 Å². The van der Waals surface area contributed by atoms with Gasteiger partial charge in [0.05, 0.1) is 22.7 Å². The van der Waals surface area contributed by atoms with Gasteiger partial charge in [-0.1, -0.05) is 97.1 Å². The van der Waals surface area contributed by atoms with E-state index in [1.807, 2.05) is 11.3 Å². The zero-order valence-electron chi connectivity index (χ0n) is 25.6. The maximum Gasteiger partial charge on any atom is 0.174 e. The minimum Gasteiger partial charge on any atom is -0.306 e. The van der Waals surface area contributed by atoms with Crippen molar-refractivity contribution in [2.75, 3.05) is 9.80 Å².